The predicted molar refractivity (Wildman–Crippen MR) is 81.9 cm³/mol. The number of aliphatic hydroxyl groups excluding tert-OH is 1. The van der Waals surface area contributed by atoms with Gasteiger partial charge in [0, 0.05) is 4.47 Å². The fourth-order valence-corrected chi connectivity index (χ4v) is 2.96. The summed E-state index contributed by atoms with van der Waals surface area (Å²) in [4.78, 5) is 16.6. The topological polar surface area (TPSA) is 68.9 Å². The Morgan fingerprint density at radius 2 is 1.85 bits per heavy atom. The maximum atomic E-state index is 11.3. The highest BCUT2D eigenvalue weighted by molar-refractivity contribution is 9.10. The van der Waals surface area contributed by atoms with Crippen LogP contribution in [0.4, 0.5) is 0 Å². The van der Waals surface area contributed by atoms with Crippen molar-refractivity contribution in [1.29, 1.82) is 0 Å². The zero-order valence-corrected chi connectivity index (χ0v) is 12.4. The van der Waals surface area contributed by atoms with Gasteiger partial charge in [-0.05, 0) is 41.8 Å². The second kappa shape index (κ2) is 4.92. The summed E-state index contributed by atoms with van der Waals surface area (Å²) in [6.07, 6.45) is -0.743. The van der Waals surface area contributed by atoms with Crippen molar-refractivity contribution in [2.75, 3.05) is 0 Å². The van der Waals surface area contributed by atoms with E-state index in [2.05, 4.69) is 25.9 Å². The van der Waals surface area contributed by atoms with Gasteiger partial charge in [-0.1, -0.05) is 34.1 Å². The molecule has 20 heavy (non-hydrogen) atoms. The van der Waals surface area contributed by atoms with Crippen LogP contribution in [0.1, 0.15) is 22.8 Å². The Balaban J connectivity index is 2.06. The Kier molecular flexibility index (Phi) is 3.23. The molecule has 0 fully saturated rings. The summed E-state index contributed by atoms with van der Waals surface area (Å²) in [5, 5.41) is 10.5. The van der Waals surface area contributed by atoms with Crippen molar-refractivity contribution in [2.45, 2.75) is 13.0 Å². The molecule has 0 amide bonds. The Hall–Kier alpha value is -1.85. The summed E-state index contributed by atoms with van der Waals surface area (Å²) in [7, 11) is 0. The van der Waals surface area contributed by atoms with E-state index in [1.807, 2.05) is 31.2 Å². The van der Waals surface area contributed by atoms with Gasteiger partial charge in [-0.15, -0.1) is 0 Å². The molecule has 3 rings (SSSR count). The first-order valence-corrected chi connectivity index (χ1v) is 7.00. The Morgan fingerprint density at radius 1 is 1.10 bits per heavy atom. The number of aliphatic hydroxyl groups is 1. The lowest BCUT2D eigenvalue weighted by Gasteiger charge is -2.14. The number of halogens is 1. The minimum atomic E-state index is -0.743. The molecule has 102 valence electrons. The van der Waals surface area contributed by atoms with E-state index < -0.39 is 6.10 Å². The van der Waals surface area contributed by atoms with Crippen LogP contribution >= 0.6 is 15.9 Å². The van der Waals surface area contributed by atoms with E-state index in [9.17, 15) is 9.90 Å². The average Bonchev–Trinajstić information content (AvgIpc) is 2.77. The number of nitrogens with one attached hydrogen (secondary N) is 2. The maximum Gasteiger partial charge on any atom is 0.323 e. The van der Waals surface area contributed by atoms with E-state index in [1.165, 1.54) is 0 Å². The zero-order chi connectivity index (χ0) is 14.3. The highest BCUT2D eigenvalue weighted by Gasteiger charge is 2.14. The first kappa shape index (κ1) is 13.1. The number of aromatic nitrogens is 2. The normalized spacial score (nSPS) is 12.8. The van der Waals surface area contributed by atoms with Gasteiger partial charge in [-0.2, -0.15) is 0 Å². The molecule has 2 aromatic carbocycles. The first-order chi connectivity index (χ1) is 9.54. The minimum absolute atomic E-state index is 0.247. The number of hydrogen-bond acceptors (Lipinski definition) is 2. The Labute approximate surface area is 123 Å². The monoisotopic (exact) mass is 332 g/mol. The lowest BCUT2D eigenvalue weighted by Crippen LogP contribution is -2.01. The molecule has 5 heteroatoms. The lowest BCUT2D eigenvalue weighted by molar-refractivity contribution is 0.219. The standard InChI is InChI=1S/C15H13BrN2O2/c1-8-2-4-10(11(16)6-8)14(19)9-3-5-12-13(7-9)18-15(20)17-12/h2-7,14,19H,1H3,(H2,17,18,20). The number of aromatic amines is 2. The molecule has 4 nitrogen and oxygen atoms in total. The van der Waals surface area contributed by atoms with Crippen molar-refractivity contribution in [3.8, 4) is 0 Å². The molecular weight excluding hydrogens is 320 g/mol. The molecule has 0 aliphatic rings. The molecular formula is C15H13BrN2O2. The lowest BCUT2D eigenvalue weighted by atomic mass is 10.0. The smallest absolute Gasteiger partial charge is 0.323 e. The molecule has 1 unspecified atom stereocenters. The molecule has 0 saturated heterocycles. The molecule has 1 heterocycles. The van der Waals surface area contributed by atoms with Crippen LogP contribution in [0.15, 0.2) is 45.7 Å². The molecule has 0 aliphatic carbocycles. The molecule has 0 aliphatic heterocycles. The van der Waals surface area contributed by atoms with Crippen LogP contribution in [0.2, 0.25) is 0 Å². The third-order valence-electron chi connectivity index (χ3n) is 3.31. The van der Waals surface area contributed by atoms with Crippen LogP contribution in [-0.4, -0.2) is 15.1 Å². The summed E-state index contributed by atoms with van der Waals surface area (Å²) in [5.74, 6) is 0. The summed E-state index contributed by atoms with van der Waals surface area (Å²) < 4.78 is 0.868. The number of benzene rings is 2. The van der Waals surface area contributed by atoms with Gasteiger partial charge in [0.2, 0.25) is 0 Å². The van der Waals surface area contributed by atoms with Crippen molar-refractivity contribution >= 4 is 27.0 Å². The molecule has 3 aromatic rings. The van der Waals surface area contributed by atoms with Gasteiger partial charge in [0.25, 0.3) is 0 Å². The molecule has 1 aromatic heterocycles. The van der Waals surface area contributed by atoms with Gasteiger partial charge in [-0.3, -0.25) is 0 Å². The SMILES string of the molecule is Cc1ccc(C(O)c2ccc3[nH]c(=O)[nH]c3c2)c(Br)c1. The summed E-state index contributed by atoms with van der Waals surface area (Å²) in [6.45, 7) is 2.00. The van der Waals surface area contributed by atoms with E-state index in [1.54, 1.807) is 12.1 Å². The minimum Gasteiger partial charge on any atom is -0.384 e. The first-order valence-electron chi connectivity index (χ1n) is 6.20. The zero-order valence-electron chi connectivity index (χ0n) is 10.8. The van der Waals surface area contributed by atoms with E-state index in [0.717, 1.165) is 26.7 Å². The Bertz CT molecular complexity index is 835. The van der Waals surface area contributed by atoms with Crippen molar-refractivity contribution < 1.29 is 5.11 Å². The van der Waals surface area contributed by atoms with Crippen LogP contribution < -0.4 is 5.69 Å². The van der Waals surface area contributed by atoms with E-state index in [0.29, 0.717) is 5.52 Å². The summed E-state index contributed by atoms with van der Waals surface area (Å²) in [5.41, 5.74) is 3.83. The second-order valence-electron chi connectivity index (χ2n) is 4.81. The predicted octanol–water partition coefficient (Wildman–Crippen LogP) is 3.01. The van der Waals surface area contributed by atoms with Gasteiger partial charge < -0.3 is 15.1 Å². The summed E-state index contributed by atoms with van der Waals surface area (Å²) in [6, 6.07) is 11.2. The average molecular weight is 333 g/mol. The molecule has 0 bridgehead atoms. The molecule has 0 saturated carbocycles. The maximum absolute atomic E-state index is 11.3. The summed E-state index contributed by atoms with van der Waals surface area (Å²) >= 11 is 3.47. The molecule has 0 spiro atoms. The highest BCUT2D eigenvalue weighted by Crippen LogP contribution is 2.30. The number of hydrogen-bond donors (Lipinski definition) is 3. The van der Waals surface area contributed by atoms with E-state index in [-0.39, 0.29) is 5.69 Å². The Morgan fingerprint density at radius 3 is 2.60 bits per heavy atom. The number of rotatable bonds is 2. The number of imidazole rings is 1. The second-order valence-corrected chi connectivity index (χ2v) is 5.67. The quantitative estimate of drug-likeness (QED) is 0.675. The van der Waals surface area contributed by atoms with Crippen LogP contribution in [0, 0.1) is 6.92 Å². The number of aryl methyl sites for hydroxylation is 1. The van der Waals surface area contributed by atoms with Gasteiger partial charge in [0.05, 0.1) is 11.0 Å². The van der Waals surface area contributed by atoms with Crippen molar-refractivity contribution in [2.24, 2.45) is 0 Å². The largest absolute Gasteiger partial charge is 0.384 e. The third-order valence-corrected chi connectivity index (χ3v) is 3.99. The molecule has 1 atom stereocenters. The van der Waals surface area contributed by atoms with Gasteiger partial charge in [0.1, 0.15) is 6.10 Å². The van der Waals surface area contributed by atoms with Crippen LogP contribution in [0.3, 0.4) is 0 Å². The van der Waals surface area contributed by atoms with E-state index >= 15 is 0 Å². The van der Waals surface area contributed by atoms with Crippen molar-refractivity contribution in [3.05, 3.63) is 68.0 Å². The van der Waals surface area contributed by atoms with Crippen LogP contribution in [0.5, 0.6) is 0 Å². The number of fused-ring (bicyclic) bond motifs is 1. The fourth-order valence-electron chi connectivity index (χ4n) is 2.25. The van der Waals surface area contributed by atoms with Crippen LogP contribution in [-0.2, 0) is 0 Å². The molecule has 0 radical (unpaired) electrons. The molecule has 3 N–H and O–H groups in total. The van der Waals surface area contributed by atoms with Crippen molar-refractivity contribution in [1.82, 2.24) is 9.97 Å². The third kappa shape index (κ3) is 2.30. The fraction of sp³-hybridized carbons (Fsp3) is 0.133. The van der Waals surface area contributed by atoms with Gasteiger partial charge in [-0.25, -0.2) is 4.79 Å². The number of H-pyrrole nitrogens is 2. The van der Waals surface area contributed by atoms with Gasteiger partial charge in [0.15, 0.2) is 0 Å². The van der Waals surface area contributed by atoms with Gasteiger partial charge >= 0.3 is 5.69 Å². The van der Waals surface area contributed by atoms with Crippen LogP contribution in [0.25, 0.3) is 11.0 Å². The van der Waals surface area contributed by atoms with E-state index in [4.69, 9.17) is 0 Å². The van der Waals surface area contributed by atoms with Crippen molar-refractivity contribution in [3.63, 3.8) is 0 Å². The highest BCUT2D eigenvalue weighted by atomic mass is 79.9.